The number of nitrogens with zero attached hydrogens (tertiary/aromatic N) is 2. The van der Waals surface area contributed by atoms with Gasteiger partial charge in [0.2, 0.25) is 0 Å². The number of benzene rings is 2. The second-order valence-corrected chi connectivity index (χ2v) is 11.9. The Morgan fingerprint density at radius 2 is 1.68 bits per heavy atom. The highest BCUT2D eigenvalue weighted by Crippen LogP contribution is 2.33. The van der Waals surface area contributed by atoms with E-state index in [-0.39, 0.29) is 29.5 Å². The predicted octanol–water partition coefficient (Wildman–Crippen LogP) is 3.82. The minimum atomic E-state index is -3.15. The summed E-state index contributed by atoms with van der Waals surface area (Å²) < 4.78 is 29.5. The Hall–Kier alpha value is -2.83. The molecule has 0 N–H and O–H groups in total. The maximum atomic E-state index is 13.1. The number of carbonyl (C=O) groups is 2. The second-order valence-electron chi connectivity index (χ2n) is 8.58. The van der Waals surface area contributed by atoms with Gasteiger partial charge in [-0.25, -0.2) is 13.2 Å². The van der Waals surface area contributed by atoms with Gasteiger partial charge in [0.15, 0.2) is 16.4 Å². The van der Waals surface area contributed by atoms with Crippen molar-refractivity contribution in [2.45, 2.75) is 54.0 Å². The summed E-state index contributed by atoms with van der Waals surface area (Å²) in [5, 5.41) is 9.35. The van der Waals surface area contributed by atoms with E-state index in [1.165, 1.54) is 11.8 Å². The van der Waals surface area contributed by atoms with E-state index in [1.54, 1.807) is 41.3 Å². The van der Waals surface area contributed by atoms with Crippen LogP contribution in [0.1, 0.15) is 48.0 Å². The molecule has 1 unspecified atom stereocenters. The lowest BCUT2D eigenvalue weighted by atomic mass is 10.1. The van der Waals surface area contributed by atoms with Crippen LogP contribution in [0.25, 0.3) is 0 Å². The maximum absolute atomic E-state index is 13.1. The third-order valence-electron chi connectivity index (χ3n) is 6.27. The van der Waals surface area contributed by atoms with Crippen molar-refractivity contribution in [1.29, 1.82) is 5.26 Å². The quantitative estimate of drug-likeness (QED) is 0.534. The minimum absolute atomic E-state index is 0.00479. The molecular formula is C25H26N2O5S2. The molecule has 2 fully saturated rings. The first-order valence-corrected chi connectivity index (χ1v) is 14.0. The number of nitriles is 1. The number of esters is 1. The molecule has 2 aromatic carbocycles. The molecule has 0 radical (unpaired) electrons. The fourth-order valence-corrected chi connectivity index (χ4v) is 7.38. The normalized spacial score (nSPS) is 19.4. The lowest BCUT2D eigenvalue weighted by Gasteiger charge is -2.33. The summed E-state index contributed by atoms with van der Waals surface area (Å²) >= 11 is 1.29. The molecule has 1 heterocycles. The molecule has 1 saturated carbocycles. The van der Waals surface area contributed by atoms with Crippen LogP contribution in [0.3, 0.4) is 0 Å². The van der Waals surface area contributed by atoms with E-state index in [9.17, 15) is 23.3 Å². The molecule has 9 heteroatoms. The first-order chi connectivity index (χ1) is 16.4. The van der Waals surface area contributed by atoms with E-state index in [2.05, 4.69) is 6.07 Å². The number of amides is 1. The van der Waals surface area contributed by atoms with E-state index in [4.69, 9.17) is 4.74 Å². The van der Waals surface area contributed by atoms with Crippen molar-refractivity contribution in [2.24, 2.45) is 0 Å². The third kappa shape index (κ3) is 5.62. The standard InChI is InChI=1S/C25H26N2O5S2/c26-15-18-7-1-5-11-22(18)33-23-12-6-4-10-21(23)25(29)32-16-24(28)27(19-8-2-3-9-19)20-13-14-34(30,31)17-20/h1,4-7,10-12,19-20H,2-3,8-9,13-14,16-17H2. The number of ether oxygens (including phenoxy) is 1. The Kier molecular flexibility index (Phi) is 7.59. The van der Waals surface area contributed by atoms with Gasteiger partial charge < -0.3 is 9.64 Å². The summed E-state index contributed by atoms with van der Waals surface area (Å²) in [6.07, 6.45) is 4.11. The van der Waals surface area contributed by atoms with Crippen LogP contribution in [-0.2, 0) is 19.4 Å². The van der Waals surface area contributed by atoms with Crippen molar-refractivity contribution in [3.63, 3.8) is 0 Å². The van der Waals surface area contributed by atoms with Gasteiger partial charge in [0.05, 0.1) is 22.6 Å². The lowest BCUT2D eigenvalue weighted by Crippen LogP contribution is -2.48. The number of rotatable bonds is 7. The summed E-state index contributed by atoms with van der Waals surface area (Å²) in [7, 11) is -3.15. The first kappa shape index (κ1) is 24.3. The summed E-state index contributed by atoms with van der Waals surface area (Å²) in [4.78, 5) is 29.1. The average molecular weight is 499 g/mol. The van der Waals surface area contributed by atoms with Crippen LogP contribution >= 0.6 is 11.8 Å². The van der Waals surface area contributed by atoms with E-state index in [0.29, 0.717) is 22.4 Å². The van der Waals surface area contributed by atoms with E-state index in [1.807, 2.05) is 12.1 Å². The highest BCUT2D eigenvalue weighted by atomic mass is 32.2. The number of sulfone groups is 1. The molecule has 1 amide bonds. The van der Waals surface area contributed by atoms with Crippen LogP contribution in [0, 0.1) is 11.3 Å². The van der Waals surface area contributed by atoms with Gasteiger partial charge in [-0.15, -0.1) is 0 Å². The van der Waals surface area contributed by atoms with Gasteiger partial charge in [-0.3, -0.25) is 4.79 Å². The van der Waals surface area contributed by atoms with E-state index < -0.39 is 22.4 Å². The van der Waals surface area contributed by atoms with Crippen molar-refractivity contribution in [3.8, 4) is 6.07 Å². The Balaban J connectivity index is 1.46. The summed E-state index contributed by atoms with van der Waals surface area (Å²) in [6, 6.07) is 15.8. The van der Waals surface area contributed by atoms with Crippen LogP contribution in [0.4, 0.5) is 0 Å². The molecule has 1 aliphatic carbocycles. The molecule has 1 saturated heterocycles. The third-order valence-corrected chi connectivity index (χ3v) is 9.17. The smallest absolute Gasteiger partial charge is 0.339 e. The molecule has 0 aromatic heterocycles. The molecule has 7 nitrogen and oxygen atoms in total. The van der Waals surface area contributed by atoms with Gasteiger partial charge in [0.1, 0.15) is 6.07 Å². The summed E-state index contributed by atoms with van der Waals surface area (Å²) in [6.45, 7) is -0.431. The van der Waals surface area contributed by atoms with Gasteiger partial charge >= 0.3 is 5.97 Å². The lowest BCUT2D eigenvalue weighted by molar-refractivity contribution is -0.139. The zero-order chi connectivity index (χ0) is 24.1. The molecule has 1 atom stereocenters. The Labute approximate surface area is 204 Å². The molecule has 2 aromatic rings. The van der Waals surface area contributed by atoms with Gasteiger partial charge in [-0.1, -0.05) is 48.9 Å². The molecule has 1 aliphatic heterocycles. The van der Waals surface area contributed by atoms with Crippen molar-refractivity contribution in [1.82, 2.24) is 4.90 Å². The molecular weight excluding hydrogens is 472 g/mol. The molecule has 0 spiro atoms. The van der Waals surface area contributed by atoms with Crippen molar-refractivity contribution in [3.05, 3.63) is 59.7 Å². The largest absolute Gasteiger partial charge is 0.452 e. The highest BCUT2D eigenvalue weighted by Gasteiger charge is 2.39. The molecule has 2 aliphatic rings. The van der Waals surface area contributed by atoms with Crippen molar-refractivity contribution < 1.29 is 22.7 Å². The van der Waals surface area contributed by atoms with Gasteiger partial charge in [0.25, 0.3) is 5.91 Å². The number of hydrogen-bond donors (Lipinski definition) is 0. The second kappa shape index (κ2) is 10.6. The van der Waals surface area contributed by atoms with Crippen LogP contribution in [0.2, 0.25) is 0 Å². The molecule has 0 bridgehead atoms. The van der Waals surface area contributed by atoms with Crippen LogP contribution < -0.4 is 0 Å². The van der Waals surface area contributed by atoms with E-state index >= 15 is 0 Å². The van der Waals surface area contributed by atoms with Crippen molar-refractivity contribution in [2.75, 3.05) is 18.1 Å². The minimum Gasteiger partial charge on any atom is -0.452 e. The predicted molar refractivity (Wildman–Crippen MR) is 128 cm³/mol. The Morgan fingerprint density at radius 3 is 2.35 bits per heavy atom. The van der Waals surface area contributed by atoms with Crippen LogP contribution in [0.5, 0.6) is 0 Å². The summed E-state index contributed by atoms with van der Waals surface area (Å²) in [5.74, 6) is -0.914. The zero-order valence-corrected chi connectivity index (χ0v) is 20.3. The molecule has 4 rings (SSSR count). The molecule has 34 heavy (non-hydrogen) atoms. The van der Waals surface area contributed by atoms with Gasteiger partial charge in [-0.05, 0) is 43.5 Å². The fraction of sp³-hybridized carbons (Fsp3) is 0.400. The fourth-order valence-electron chi connectivity index (χ4n) is 4.65. The average Bonchev–Trinajstić information content (AvgIpc) is 3.48. The zero-order valence-electron chi connectivity index (χ0n) is 18.7. The number of carbonyl (C=O) groups excluding carboxylic acids is 2. The topological polar surface area (TPSA) is 105 Å². The maximum Gasteiger partial charge on any atom is 0.339 e. The van der Waals surface area contributed by atoms with Gasteiger partial charge in [0, 0.05) is 21.9 Å². The Morgan fingerprint density at radius 1 is 1.00 bits per heavy atom. The van der Waals surface area contributed by atoms with Crippen molar-refractivity contribution >= 4 is 33.5 Å². The van der Waals surface area contributed by atoms with Gasteiger partial charge in [-0.2, -0.15) is 5.26 Å². The van der Waals surface area contributed by atoms with E-state index in [0.717, 1.165) is 30.6 Å². The van der Waals surface area contributed by atoms with Crippen LogP contribution in [0.15, 0.2) is 58.3 Å². The Bertz CT molecular complexity index is 1220. The SMILES string of the molecule is N#Cc1ccccc1Sc1ccccc1C(=O)OCC(=O)N(C1CCCC1)C1CCS(=O)(=O)C1. The molecule has 178 valence electrons. The van der Waals surface area contributed by atoms with Crippen LogP contribution in [-0.4, -0.2) is 55.4 Å². The number of hydrogen-bond acceptors (Lipinski definition) is 7. The monoisotopic (exact) mass is 498 g/mol. The summed E-state index contributed by atoms with van der Waals surface area (Å²) in [5.41, 5.74) is 0.813. The highest BCUT2D eigenvalue weighted by molar-refractivity contribution is 7.99. The first-order valence-electron chi connectivity index (χ1n) is 11.3.